The molecule has 1 unspecified atom stereocenters. The van der Waals surface area contributed by atoms with E-state index in [1.165, 1.54) is 6.07 Å². The minimum Gasteiger partial charge on any atom is -0.444 e. The van der Waals surface area contributed by atoms with E-state index in [4.69, 9.17) is 4.74 Å². The molecule has 1 amide bonds. The molecule has 0 saturated heterocycles. The Morgan fingerprint density at radius 1 is 1.35 bits per heavy atom. The summed E-state index contributed by atoms with van der Waals surface area (Å²) in [7, 11) is 0. The molecule has 0 heterocycles. The highest BCUT2D eigenvalue weighted by Gasteiger charge is 2.23. The van der Waals surface area contributed by atoms with Gasteiger partial charge >= 0.3 is 6.09 Å². The van der Waals surface area contributed by atoms with Gasteiger partial charge in [0.25, 0.3) is 0 Å². The van der Waals surface area contributed by atoms with Crippen molar-refractivity contribution in [3.05, 3.63) is 47.3 Å². The van der Waals surface area contributed by atoms with Gasteiger partial charge in [-0.1, -0.05) is 24.3 Å². The molecule has 0 bridgehead atoms. The molecular weight excluding hydrogens is 295 g/mol. The van der Waals surface area contributed by atoms with Crippen molar-refractivity contribution in [2.45, 2.75) is 45.3 Å². The fourth-order valence-corrected chi connectivity index (χ4v) is 2.66. The van der Waals surface area contributed by atoms with Crippen molar-refractivity contribution in [2.75, 3.05) is 13.1 Å². The summed E-state index contributed by atoms with van der Waals surface area (Å²) in [5, 5.41) is 6.06. The molecule has 4 nitrogen and oxygen atoms in total. The molecule has 0 fully saturated rings. The smallest absolute Gasteiger partial charge is 0.407 e. The van der Waals surface area contributed by atoms with Crippen molar-refractivity contribution in [2.24, 2.45) is 0 Å². The molecule has 1 atom stereocenters. The van der Waals surface area contributed by atoms with Gasteiger partial charge in [0.1, 0.15) is 11.4 Å². The van der Waals surface area contributed by atoms with E-state index >= 15 is 0 Å². The molecule has 0 aliphatic heterocycles. The largest absolute Gasteiger partial charge is 0.444 e. The van der Waals surface area contributed by atoms with Crippen LogP contribution in [0.15, 0.2) is 30.4 Å². The van der Waals surface area contributed by atoms with Gasteiger partial charge in [0, 0.05) is 19.1 Å². The number of benzene rings is 1. The van der Waals surface area contributed by atoms with Crippen molar-refractivity contribution in [1.29, 1.82) is 0 Å². The third-order valence-corrected chi connectivity index (χ3v) is 3.63. The van der Waals surface area contributed by atoms with Gasteiger partial charge in [-0.25, -0.2) is 9.18 Å². The van der Waals surface area contributed by atoms with Gasteiger partial charge in [0.15, 0.2) is 0 Å². The minimum absolute atomic E-state index is 0.107. The van der Waals surface area contributed by atoms with E-state index in [1.807, 2.05) is 39.0 Å². The second-order valence-electron chi connectivity index (χ2n) is 6.66. The highest BCUT2D eigenvalue weighted by Crippen LogP contribution is 2.32. The first kappa shape index (κ1) is 17.5. The van der Waals surface area contributed by atoms with Crippen LogP contribution in [0.1, 0.15) is 44.4 Å². The summed E-state index contributed by atoms with van der Waals surface area (Å²) < 4.78 is 18.8. The maximum atomic E-state index is 13.7. The number of carbonyl (C=O) groups is 1. The summed E-state index contributed by atoms with van der Waals surface area (Å²) in [5.41, 5.74) is 1.41. The van der Waals surface area contributed by atoms with E-state index in [9.17, 15) is 9.18 Å². The van der Waals surface area contributed by atoms with Crippen LogP contribution >= 0.6 is 0 Å². The molecule has 0 spiro atoms. The lowest BCUT2D eigenvalue weighted by Crippen LogP contribution is -2.32. The number of hydrogen-bond donors (Lipinski definition) is 2. The predicted molar refractivity (Wildman–Crippen MR) is 88.8 cm³/mol. The van der Waals surface area contributed by atoms with Gasteiger partial charge in [0.2, 0.25) is 0 Å². The summed E-state index contributed by atoms with van der Waals surface area (Å²) in [5.74, 6) is -0.107. The van der Waals surface area contributed by atoms with Crippen LogP contribution in [-0.4, -0.2) is 24.8 Å². The van der Waals surface area contributed by atoms with Crippen LogP contribution in [0, 0.1) is 5.82 Å². The molecule has 2 N–H and O–H groups in total. The molecular formula is C18H25FN2O2. The number of rotatable bonds is 5. The van der Waals surface area contributed by atoms with E-state index in [1.54, 1.807) is 6.07 Å². The maximum absolute atomic E-state index is 13.7. The van der Waals surface area contributed by atoms with Crippen LogP contribution in [-0.2, 0) is 11.2 Å². The summed E-state index contributed by atoms with van der Waals surface area (Å²) in [6.45, 7) is 6.58. The number of alkyl carbamates (subject to hydrolysis) is 1. The highest BCUT2D eigenvalue weighted by atomic mass is 19.1. The number of ether oxygens (including phenoxy) is 1. The zero-order chi connectivity index (χ0) is 16.9. The SMILES string of the molecule is CC(C)(C)OC(=O)NC/C=C/CNC1CCc2c(F)cccc21. The lowest BCUT2D eigenvalue weighted by Gasteiger charge is -2.19. The van der Waals surface area contributed by atoms with E-state index < -0.39 is 11.7 Å². The van der Waals surface area contributed by atoms with Crippen LogP contribution in [0.25, 0.3) is 0 Å². The Kier molecular flexibility index (Phi) is 5.77. The maximum Gasteiger partial charge on any atom is 0.407 e. The zero-order valence-electron chi connectivity index (χ0n) is 14.0. The number of amides is 1. The van der Waals surface area contributed by atoms with Gasteiger partial charge in [-0.2, -0.15) is 0 Å². The zero-order valence-corrected chi connectivity index (χ0v) is 14.0. The molecule has 5 heteroatoms. The number of carbonyl (C=O) groups excluding carboxylic acids is 1. The molecule has 2 rings (SSSR count). The topological polar surface area (TPSA) is 50.4 Å². The fraction of sp³-hybridized carbons (Fsp3) is 0.500. The van der Waals surface area contributed by atoms with Crippen molar-refractivity contribution < 1.29 is 13.9 Å². The minimum atomic E-state index is -0.486. The number of nitrogens with one attached hydrogen (secondary N) is 2. The molecule has 1 aliphatic carbocycles. The number of halogens is 1. The lowest BCUT2D eigenvalue weighted by molar-refractivity contribution is 0.0534. The third kappa shape index (κ3) is 5.36. The average Bonchev–Trinajstić information content (AvgIpc) is 2.85. The molecule has 126 valence electrons. The molecule has 1 aliphatic rings. The number of fused-ring (bicyclic) bond motifs is 1. The highest BCUT2D eigenvalue weighted by molar-refractivity contribution is 5.67. The Balaban J connectivity index is 1.69. The van der Waals surface area contributed by atoms with Crippen molar-refractivity contribution in [3.63, 3.8) is 0 Å². The fourth-order valence-electron chi connectivity index (χ4n) is 2.66. The summed E-state index contributed by atoms with van der Waals surface area (Å²) in [6, 6.07) is 5.46. The lowest BCUT2D eigenvalue weighted by atomic mass is 10.1. The summed E-state index contributed by atoms with van der Waals surface area (Å²) in [4.78, 5) is 11.5. The number of hydrogen-bond acceptors (Lipinski definition) is 3. The van der Waals surface area contributed by atoms with Crippen molar-refractivity contribution >= 4 is 6.09 Å². The van der Waals surface area contributed by atoms with E-state index in [0.717, 1.165) is 24.0 Å². The molecule has 1 aromatic carbocycles. The second kappa shape index (κ2) is 7.59. The quantitative estimate of drug-likeness (QED) is 0.817. The van der Waals surface area contributed by atoms with Gasteiger partial charge in [-0.3, -0.25) is 0 Å². The molecule has 23 heavy (non-hydrogen) atoms. The van der Waals surface area contributed by atoms with E-state index in [-0.39, 0.29) is 11.9 Å². The predicted octanol–water partition coefficient (Wildman–Crippen LogP) is 3.48. The molecule has 0 saturated carbocycles. The standard InChI is InChI=1S/C18H25FN2O2/c1-18(2,3)23-17(22)21-12-5-4-11-20-16-10-9-13-14(16)7-6-8-15(13)19/h4-8,16,20H,9-12H2,1-3H3,(H,21,22)/b5-4+. The second-order valence-corrected chi connectivity index (χ2v) is 6.66. The first-order chi connectivity index (χ1) is 10.9. The third-order valence-electron chi connectivity index (χ3n) is 3.63. The van der Waals surface area contributed by atoms with Crippen LogP contribution in [0.5, 0.6) is 0 Å². The van der Waals surface area contributed by atoms with Crippen molar-refractivity contribution in [3.8, 4) is 0 Å². The average molecular weight is 320 g/mol. The van der Waals surface area contributed by atoms with Gasteiger partial charge in [-0.15, -0.1) is 0 Å². The molecule has 1 aromatic rings. The summed E-state index contributed by atoms with van der Waals surface area (Å²) >= 11 is 0. The normalized spacial score (nSPS) is 17.3. The van der Waals surface area contributed by atoms with Crippen LogP contribution in [0.4, 0.5) is 9.18 Å². The molecule has 0 radical (unpaired) electrons. The van der Waals surface area contributed by atoms with Crippen molar-refractivity contribution in [1.82, 2.24) is 10.6 Å². The van der Waals surface area contributed by atoms with E-state index in [0.29, 0.717) is 13.1 Å². The van der Waals surface area contributed by atoms with Gasteiger partial charge < -0.3 is 15.4 Å². The van der Waals surface area contributed by atoms with Crippen LogP contribution in [0.3, 0.4) is 0 Å². The first-order valence-corrected chi connectivity index (χ1v) is 7.99. The first-order valence-electron chi connectivity index (χ1n) is 7.99. The monoisotopic (exact) mass is 320 g/mol. The Hall–Kier alpha value is -1.88. The van der Waals surface area contributed by atoms with Gasteiger partial charge in [0.05, 0.1) is 0 Å². The van der Waals surface area contributed by atoms with Crippen LogP contribution in [0.2, 0.25) is 0 Å². The van der Waals surface area contributed by atoms with E-state index in [2.05, 4.69) is 10.6 Å². The summed E-state index contributed by atoms with van der Waals surface area (Å²) in [6.07, 6.45) is 5.10. The Bertz CT molecular complexity index is 579. The Morgan fingerprint density at radius 3 is 2.83 bits per heavy atom. The Labute approximate surface area is 137 Å². The van der Waals surface area contributed by atoms with Gasteiger partial charge in [-0.05, 0) is 50.8 Å². The van der Waals surface area contributed by atoms with Crippen LogP contribution < -0.4 is 10.6 Å². The Morgan fingerprint density at radius 2 is 2.09 bits per heavy atom. The molecule has 0 aromatic heterocycles.